The Morgan fingerprint density at radius 3 is 2.64 bits per heavy atom. The normalized spacial score (nSPS) is 10.5. The van der Waals surface area contributed by atoms with Crippen molar-refractivity contribution in [2.75, 3.05) is 5.73 Å². The first-order valence-corrected chi connectivity index (χ1v) is 3.90. The van der Waals surface area contributed by atoms with Crippen molar-refractivity contribution in [3.63, 3.8) is 0 Å². The Labute approximate surface area is 71.4 Å². The topological polar surface area (TPSA) is 38.9 Å². The van der Waals surface area contributed by atoms with Gasteiger partial charge in [0.05, 0.1) is 16.4 Å². The number of hydrogen-bond donors (Lipinski definition) is 1. The van der Waals surface area contributed by atoms with Crippen molar-refractivity contribution in [2.45, 2.75) is 19.8 Å². The van der Waals surface area contributed by atoms with Crippen molar-refractivity contribution in [2.24, 2.45) is 0 Å². The van der Waals surface area contributed by atoms with E-state index in [1.165, 1.54) is 0 Å². The van der Waals surface area contributed by atoms with Gasteiger partial charge in [0.1, 0.15) is 0 Å². The zero-order valence-electron chi connectivity index (χ0n) is 6.63. The fourth-order valence-corrected chi connectivity index (χ4v) is 1.08. The lowest BCUT2D eigenvalue weighted by Gasteiger charge is -2.07. The van der Waals surface area contributed by atoms with Gasteiger partial charge >= 0.3 is 0 Å². The minimum absolute atomic E-state index is 0.327. The summed E-state index contributed by atoms with van der Waals surface area (Å²) in [6, 6.07) is 1.70. The van der Waals surface area contributed by atoms with Gasteiger partial charge in [-0.3, -0.25) is 4.98 Å². The number of hydrogen-bond acceptors (Lipinski definition) is 2. The van der Waals surface area contributed by atoms with E-state index in [-0.39, 0.29) is 0 Å². The first-order chi connectivity index (χ1) is 5.13. The summed E-state index contributed by atoms with van der Waals surface area (Å²) in [4.78, 5) is 4.13. The molecule has 3 heteroatoms. The van der Waals surface area contributed by atoms with Crippen LogP contribution in [0.25, 0.3) is 0 Å². The Balaban J connectivity index is 3.17. The Bertz CT molecular complexity index is 258. The van der Waals surface area contributed by atoms with Gasteiger partial charge in [-0.1, -0.05) is 25.4 Å². The van der Waals surface area contributed by atoms with Gasteiger partial charge in [-0.15, -0.1) is 0 Å². The van der Waals surface area contributed by atoms with Crippen molar-refractivity contribution in [1.82, 2.24) is 4.98 Å². The van der Waals surface area contributed by atoms with Gasteiger partial charge < -0.3 is 5.73 Å². The molecule has 0 saturated carbocycles. The number of anilines is 1. The summed E-state index contributed by atoms with van der Waals surface area (Å²) in [6.45, 7) is 4.07. The average Bonchev–Trinajstić information content (AvgIpc) is 1.94. The van der Waals surface area contributed by atoms with Gasteiger partial charge in [0.15, 0.2) is 0 Å². The zero-order chi connectivity index (χ0) is 8.43. The van der Waals surface area contributed by atoms with Gasteiger partial charge in [0.2, 0.25) is 0 Å². The van der Waals surface area contributed by atoms with E-state index in [2.05, 4.69) is 4.98 Å². The Morgan fingerprint density at radius 1 is 1.55 bits per heavy atom. The molecule has 1 aromatic rings. The van der Waals surface area contributed by atoms with Crippen molar-refractivity contribution < 1.29 is 0 Å². The first kappa shape index (κ1) is 8.34. The number of halogens is 1. The third-order valence-corrected chi connectivity index (χ3v) is 1.84. The zero-order valence-corrected chi connectivity index (χ0v) is 7.39. The average molecular weight is 171 g/mol. The third kappa shape index (κ3) is 1.63. The molecule has 0 unspecified atom stereocenters. The summed E-state index contributed by atoms with van der Waals surface area (Å²) in [5.41, 5.74) is 7.16. The number of nitrogens with two attached hydrogens (primary N) is 1. The van der Waals surface area contributed by atoms with Crippen molar-refractivity contribution in [3.05, 3.63) is 23.0 Å². The number of nitrogen functional groups attached to an aromatic ring is 1. The summed E-state index contributed by atoms with van der Waals surface area (Å²) in [6.07, 6.45) is 1.67. The Morgan fingerprint density at radius 2 is 2.18 bits per heavy atom. The highest BCUT2D eigenvalue weighted by Gasteiger charge is 2.07. The smallest absolute Gasteiger partial charge is 0.0725 e. The van der Waals surface area contributed by atoms with Crippen LogP contribution in [0.1, 0.15) is 25.5 Å². The second kappa shape index (κ2) is 3.09. The number of pyridine rings is 1. The highest BCUT2D eigenvalue weighted by Crippen LogP contribution is 2.25. The summed E-state index contributed by atoms with van der Waals surface area (Å²) in [5, 5.41) is 0.587. The van der Waals surface area contributed by atoms with Crippen LogP contribution in [0.5, 0.6) is 0 Å². The molecule has 0 aromatic carbocycles. The summed E-state index contributed by atoms with van der Waals surface area (Å²) >= 11 is 5.79. The van der Waals surface area contributed by atoms with Crippen LogP contribution in [-0.4, -0.2) is 4.98 Å². The molecule has 0 aliphatic rings. The van der Waals surface area contributed by atoms with E-state index in [0.29, 0.717) is 16.6 Å². The standard InChI is InChI=1S/C8H11ClN2/c1-5(2)8-7(10)6(9)3-4-11-8/h3-5H,10H2,1-2H3. The molecule has 0 saturated heterocycles. The maximum atomic E-state index is 5.79. The lowest BCUT2D eigenvalue weighted by molar-refractivity contribution is 0.827. The fraction of sp³-hybridized carbons (Fsp3) is 0.375. The maximum Gasteiger partial charge on any atom is 0.0725 e. The largest absolute Gasteiger partial charge is 0.396 e. The van der Waals surface area contributed by atoms with E-state index in [1.807, 2.05) is 13.8 Å². The lowest BCUT2D eigenvalue weighted by Crippen LogP contribution is -1.99. The predicted molar refractivity (Wildman–Crippen MR) is 47.7 cm³/mol. The molecule has 0 radical (unpaired) electrons. The summed E-state index contributed by atoms with van der Waals surface area (Å²) < 4.78 is 0. The molecule has 0 amide bonds. The third-order valence-electron chi connectivity index (χ3n) is 1.51. The van der Waals surface area contributed by atoms with Crippen LogP contribution in [0.2, 0.25) is 5.02 Å². The maximum absolute atomic E-state index is 5.79. The molecular weight excluding hydrogens is 160 g/mol. The second-order valence-electron chi connectivity index (χ2n) is 2.75. The van der Waals surface area contributed by atoms with Gasteiger partial charge in [-0.05, 0) is 12.0 Å². The first-order valence-electron chi connectivity index (χ1n) is 3.52. The predicted octanol–water partition coefficient (Wildman–Crippen LogP) is 2.44. The van der Waals surface area contributed by atoms with E-state index in [4.69, 9.17) is 17.3 Å². The van der Waals surface area contributed by atoms with E-state index >= 15 is 0 Å². The van der Waals surface area contributed by atoms with Crippen molar-refractivity contribution in [3.8, 4) is 0 Å². The molecule has 1 heterocycles. The van der Waals surface area contributed by atoms with Crippen LogP contribution in [0, 0.1) is 0 Å². The second-order valence-corrected chi connectivity index (χ2v) is 3.15. The van der Waals surface area contributed by atoms with Crippen LogP contribution < -0.4 is 5.73 Å². The highest BCUT2D eigenvalue weighted by atomic mass is 35.5. The fourth-order valence-electron chi connectivity index (χ4n) is 0.925. The molecule has 11 heavy (non-hydrogen) atoms. The molecule has 0 fully saturated rings. The molecule has 1 aromatic heterocycles. The van der Waals surface area contributed by atoms with Gasteiger partial charge in [-0.25, -0.2) is 0 Å². The number of rotatable bonds is 1. The minimum Gasteiger partial charge on any atom is -0.396 e. The molecule has 1 rings (SSSR count). The number of nitrogens with zero attached hydrogens (tertiary/aromatic N) is 1. The SMILES string of the molecule is CC(C)c1nccc(Cl)c1N. The lowest BCUT2D eigenvalue weighted by atomic mass is 10.1. The van der Waals surface area contributed by atoms with E-state index < -0.39 is 0 Å². The van der Waals surface area contributed by atoms with Crippen molar-refractivity contribution >= 4 is 17.3 Å². The number of aromatic nitrogens is 1. The molecule has 0 atom stereocenters. The van der Waals surface area contributed by atoms with Crippen LogP contribution in [0.3, 0.4) is 0 Å². The summed E-state index contributed by atoms with van der Waals surface area (Å²) in [7, 11) is 0. The Kier molecular flexibility index (Phi) is 2.35. The van der Waals surface area contributed by atoms with E-state index in [1.54, 1.807) is 12.3 Å². The van der Waals surface area contributed by atoms with E-state index in [0.717, 1.165) is 5.69 Å². The quantitative estimate of drug-likeness (QED) is 0.703. The molecule has 0 spiro atoms. The van der Waals surface area contributed by atoms with E-state index in [9.17, 15) is 0 Å². The van der Waals surface area contributed by atoms with Crippen LogP contribution >= 0.6 is 11.6 Å². The highest BCUT2D eigenvalue weighted by molar-refractivity contribution is 6.33. The van der Waals surface area contributed by atoms with Crippen molar-refractivity contribution in [1.29, 1.82) is 0 Å². The molecule has 60 valence electrons. The molecule has 2 N–H and O–H groups in total. The van der Waals surface area contributed by atoms with Crippen LogP contribution in [0.15, 0.2) is 12.3 Å². The summed E-state index contributed by atoms with van der Waals surface area (Å²) in [5.74, 6) is 0.327. The molecule has 2 nitrogen and oxygen atoms in total. The molecule has 0 aliphatic carbocycles. The molecule has 0 bridgehead atoms. The van der Waals surface area contributed by atoms with Gasteiger partial charge in [0, 0.05) is 6.20 Å². The van der Waals surface area contributed by atoms with Gasteiger partial charge in [0.25, 0.3) is 0 Å². The monoisotopic (exact) mass is 170 g/mol. The minimum atomic E-state index is 0.327. The van der Waals surface area contributed by atoms with Crippen LogP contribution in [0.4, 0.5) is 5.69 Å². The van der Waals surface area contributed by atoms with Gasteiger partial charge in [-0.2, -0.15) is 0 Å². The Hall–Kier alpha value is -0.760. The molecule has 0 aliphatic heterocycles. The van der Waals surface area contributed by atoms with Crippen LogP contribution in [-0.2, 0) is 0 Å². The molecular formula is C8H11ClN2.